The monoisotopic (exact) mass is 1090 g/mol. The summed E-state index contributed by atoms with van der Waals surface area (Å²) in [5, 5.41) is 205. The molecule has 5 aliphatic rings. The van der Waals surface area contributed by atoms with Crippen LogP contribution in [-0.2, 0) is 61.8 Å². The van der Waals surface area contributed by atoms with Gasteiger partial charge in [-0.05, 0) is 0 Å². The van der Waals surface area contributed by atoms with Crippen LogP contribution in [0.25, 0.3) is 0 Å². The Kier molecular flexibility index (Phi) is 21.3. The highest BCUT2D eigenvalue weighted by atomic mass is 16.8. The SMILES string of the molecule is CC(=O)N[C@@H]1[C@@H](O[C@H]2O[C@H](CO)[C@H](O)[C@H](O[C@@H]3O[C@H](CO)[C@H](O)[C@H](O[C@]4(C(=O)O)C[C@H](O)[C@@H](O)[C@H]([C@H](O)[C@H](O)CO)O4)[C@H]3O)[C@H]2NC(C)=O)[C@@H](O)[C@@H](CO[C@]2(C(=O)O)C[C@H](O)[C@@H](O)[C@H]([C@H](O)[C@H](O)CO)O2)O[C@@H]1O. The van der Waals surface area contributed by atoms with Gasteiger partial charge in [-0.25, -0.2) is 9.59 Å². The molecule has 2 amide bonds. The Bertz CT molecular complexity index is 1880. The van der Waals surface area contributed by atoms with Gasteiger partial charge in [0.25, 0.3) is 11.6 Å². The molecule has 0 aromatic heterocycles. The first-order valence-electron chi connectivity index (χ1n) is 22.9. The van der Waals surface area contributed by atoms with Crippen LogP contribution < -0.4 is 10.6 Å². The van der Waals surface area contributed by atoms with Crippen molar-refractivity contribution in [1.82, 2.24) is 10.6 Å². The second kappa shape index (κ2) is 25.5. The molecule has 5 rings (SSSR count). The molecule has 0 spiro atoms. The molecule has 5 heterocycles. The van der Waals surface area contributed by atoms with Gasteiger partial charge in [-0.15, -0.1) is 0 Å². The molecule has 34 heteroatoms. The van der Waals surface area contributed by atoms with Crippen LogP contribution >= 0.6 is 0 Å². The van der Waals surface area contributed by atoms with E-state index in [1.54, 1.807) is 0 Å². The molecule has 0 unspecified atom stereocenters. The topological polar surface area (TPSA) is 560 Å². The van der Waals surface area contributed by atoms with E-state index in [1.807, 2.05) is 0 Å². The fraction of sp³-hybridized carbons (Fsp3) is 0.900. The Balaban J connectivity index is 1.46. The lowest BCUT2D eigenvalue weighted by molar-refractivity contribution is -0.388. The third-order valence-corrected chi connectivity index (χ3v) is 13.1. The van der Waals surface area contributed by atoms with Gasteiger partial charge < -0.3 is 150 Å². The Morgan fingerprint density at radius 2 is 0.973 bits per heavy atom. The van der Waals surface area contributed by atoms with Gasteiger partial charge in [0.2, 0.25) is 11.8 Å². The molecule has 0 aliphatic carbocycles. The van der Waals surface area contributed by atoms with Crippen molar-refractivity contribution in [1.29, 1.82) is 0 Å². The average Bonchev–Trinajstić information content (AvgIpc) is 3.34. The zero-order valence-electron chi connectivity index (χ0n) is 39.2. The summed E-state index contributed by atoms with van der Waals surface area (Å²) in [6, 6.07) is -3.76. The maximum absolute atomic E-state index is 12.8. The first kappa shape index (κ1) is 61.7. The second-order valence-corrected chi connectivity index (χ2v) is 18.3. The van der Waals surface area contributed by atoms with E-state index in [0.29, 0.717) is 0 Å². The molecular weight excluding hydrogens is 1020 g/mol. The average molecular weight is 1090 g/mol. The molecule has 0 aromatic rings. The molecule has 5 fully saturated rings. The van der Waals surface area contributed by atoms with Crippen LogP contribution in [0.1, 0.15) is 26.7 Å². The van der Waals surface area contributed by atoms with E-state index in [1.165, 1.54) is 0 Å². The molecular formula is C40H66N2O32. The summed E-state index contributed by atoms with van der Waals surface area (Å²) < 4.78 is 50.6. The highest BCUT2D eigenvalue weighted by molar-refractivity contribution is 5.76. The molecule has 27 atom stereocenters. The number of rotatable bonds is 21. The zero-order chi connectivity index (χ0) is 55.5. The highest BCUT2D eigenvalue weighted by Crippen LogP contribution is 2.40. The van der Waals surface area contributed by atoms with E-state index in [-0.39, 0.29) is 0 Å². The Labute approximate surface area is 417 Å². The summed E-state index contributed by atoms with van der Waals surface area (Å²) in [7, 11) is 0. The van der Waals surface area contributed by atoms with Gasteiger partial charge in [0.1, 0.15) is 122 Å². The Morgan fingerprint density at radius 1 is 0.554 bits per heavy atom. The van der Waals surface area contributed by atoms with Gasteiger partial charge in [0.05, 0.1) is 45.2 Å². The van der Waals surface area contributed by atoms with Crippen LogP contribution in [-0.4, -0.2) is 318 Å². The molecule has 428 valence electrons. The molecule has 0 radical (unpaired) electrons. The summed E-state index contributed by atoms with van der Waals surface area (Å²) in [4.78, 5) is 50.7. The molecule has 0 saturated carbocycles. The van der Waals surface area contributed by atoms with Crippen molar-refractivity contribution < 1.29 is 159 Å². The van der Waals surface area contributed by atoms with E-state index in [2.05, 4.69) is 10.6 Å². The van der Waals surface area contributed by atoms with Gasteiger partial charge in [-0.1, -0.05) is 0 Å². The highest BCUT2D eigenvalue weighted by Gasteiger charge is 2.61. The number of aliphatic hydroxyl groups is 17. The van der Waals surface area contributed by atoms with E-state index in [9.17, 15) is 116 Å². The number of hydrogen-bond acceptors (Lipinski definition) is 30. The van der Waals surface area contributed by atoms with Crippen LogP contribution in [0.5, 0.6) is 0 Å². The van der Waals surface area contributed by atoms with Crippen molar-refractivity contribution in [3.8, 4) is 0 Å². The standard InChI is InChI=1S/C40H66N2O32/c1-10(47)41-19-29(27(59)18(67-34(19)61)9-66-39(37(62)63)3-12(49)21(53)31(72-39)23(55)14(51)5-43)70-35-20(42-11(2)48)30(25(57)16(7-45)68-35)71-36-28(60)33(26(58)17(8-46)69-36)74-40(38(64)65)4-13(50)22(54)32(73-40)24(56)15(52)6-44/h12-36,43-46,49-61H,3-9H2,1-2H3,(H,41,47)(H,42,48)(H,62,63)(H,64,65)/t12-,13-,14+,15+,16+,17+,18+,19+,20+,21+,22+,23+,24+,25-,26-,27-,28+,29+,30+,31+,32+,33-,34-,35+,36-,39+,40-/m0/s1. The van der Waals surface area contributed by atoms with Crippen LogP contribution in [0.4, 0.5) is 0 Å². The fourth-order valence-corrected chi connectivity index (χ4v) is 9.07. The quantitative estimate of drug-likeness (QED) is 0.0507. The van der Waals surface area contributed by atoms with Crippen molar-refractivity contribution in [2.24, 2.45) is 0 Å². The van der Waals surface area contributed by atoms with E-state index in [0.717, 1.165) is 13.8 Å². The van der Waals surface area contributed by atoms with Crippen molar-refractivity contribution in [2.75, 3.05) is 33.0 Å². The minimum Gasteiger partial charge on any atom is -0.477 e. The Morgan fingerprint density at radius 3 is 1.45 bits per heavy atom. The Hall–Kier alpha value is -3.16. The molecule has 74 heavy (non-hydrogen) atoms. The lowest BCUT2D eigenvalue weighted by Gasteiger charge is -2.51. The van der Waals surface area contributed by atoms with Gasteiger partial charge >= 0.3 is 11.9 Å². The summed E-state index contributed by atoms with van der Waals surface area (Å²) in [6.45, 7) is -3.81. The molecule has 5 aliphatic heterocycles. The number of hydrogen-bond donors (Lipinski definition) is 21. The van der Waals surface area contributed by atoms with Gasteiger partial charge in [0.15, 0.2) is 18.9 Å². The number of carbonyl (C=O) groups excluding carboxylic acids is 2. The summed E-state index contributed by atoms with van der Waals surface area (Å²) in [5.74, 6) is -12.2. The van der Waals surface area contributed by atoms with E-state index in [4.69, 9.17) is 42.6 Å². The molecule has 0 bridgehead atoms. The molecule has 21 N–H and O–H groups in total. The molecule has 34 nitrogen and oxygen atoms in total. The lowest BCUT2D eigenvalue weighted by atomic mass is 9.90. The smallest absolute Gasteiger partial charge is 0.364 e. The summed E-state index contributed by atoms with van der Waals surface area (Å²) in [5.41, 5.74) is 0. The lowest BCUT2D eigenvalue weighted by Crippen LogP contribution is -2.71. The maximum atomic E-state index is 12.8. The number of carboxylic acid groups (broad SMARTS) is 2. The van der Waals surface area contributed by atoms with Gasteiger partial charge in [-0.3, -0.25) is 9.59 Å². The predicted molar refractivity (Wildman–Crippen MR) is 224 cm³/mol. The van der Waals surface area contributed by atoms with Crippen LogP contribution in [0.2, 0.25) is 0 Å². The second-order valence-electron chi connectivity index (χ2n) is 18.3. The summed E-state index contributed by atoms with van der Waals surface area (Å²) in [6.07, 6.45) is -51.4. The maximum Gasteiger partial charge on any atom is 0.364 e. The largest absolute Gasteiger partial charge is 0.477 e. The zero-order valence-corrected chi connectivity index (χ0v) is 39.2. The van der Waals surface area contributed by atoms with Crippen molar-refractivity contribution >= 4 is 23.8 Å². The van der Waals surface area contributed by atoms with Gasteiger partial charge in [0, 0.05) is 26.7 Å². The van der Waals surface area contributed by atoms with Crippen molar-refractivity contribution in [2.45, 2.75) is 191 Å². The number of ether oxygens (including phenoxy) is 9. The van der Waals surface area contributed by atoms with Crippen LogP contribution in [0, 0.1) is 0 Å². The third-order valence-electron chi connectivity index (χ3n) is 13.1. The predicted octanol–water partition coefficient (Wildman–Crippen LogP) is -13.2. The number of nitrogens with one attached hydrogen (secondary N) is 2. The normalized spacial score (nSPS) is 44.6. The minimum atomic E-state index is -3.23. The molecule has 0 aromatic carbocycles. The first-order valence-corrected chi connectivity index (χ1v) is 22.9. The first-order chi connectivity index (χ1) is 34.6. The number of carboxylic acids is 2. The number of carbonyl (C=O) groups is 4. The molecule has 5 saturated heterocycles. The summed E-state index contributed by atoms with van der Waals surface area (Å²) >= 11 is 0. The number of aliphatic carboxylic acids is 2. The van der Waals surface area contributed by atoms with Crippen LogP contribution in [0.3, 0.4) is 0 Å². The number of aliphatic hydroxyl groups excluding tert-OH is 17. The fourth-order valence-electron chi connectivity index (χ4n) is 9.07. The minimum absolute atomic E-state index is 0.895. The van der Waals surface area contributed by atoms with Crippen molar-refractivity contribution in [3.63, 3.8) is 0 Å². The van der Waals surface area contributed by atoms with Crippen LogP contribution in [0.15, 0.2) is 0 Å². The van der Waals surface area contributed by atoms with Crippen molar-refractivity contribution in [3.05, 3.63) is 0 Å². The van der Waals surface area contributed by atoms with E-state index >= 15 is 0 Å². The van der Waals surface area contributed by atoms with Gasteiger partial charge in [-0.2, -0.15) is 0 Å². The number of amides is 2. The third kappa shape index (κ3) is 13.0. The van der Waals surface area contributed by atoms with E-state index < -0.39 is 234 Å².